The molecule has 3 rings (SSSR count). The van der Waals surface area contributed by atoms with E-state index in [9.17, 15) is 4.79 Å². The van der Waals surface area contributed by atoms with E-state index in [4.69, 9.17) is 0 Å². The molecule has 2 aliphatic heterocycles. The number of rotatable bonds is 3. The van der Waals surface area contributed by atoms with Crippen LogP contribution in [0.3, 0.4) is 0 Å². The van der Waals surface area contributed by atoms with E-state index in [1.807, 2.05) is 11.9 Å². The third kappa shape index (κ3) is 2.60. The molecule has 1 N–H and O–H groups in total. The Kier molecular flexibility index (Phi) is 3.81. The van der Waals surface area contributed by atoms with Gasteiger partial charge in [-0.2, -0.15) is 0 Å². The van der Waals surface area contributed by atoms with Crippen LogP contribution in [0.15, 0.2) is 18.2 Å². The molecule has 1 fully saturated rings. The first kappa shape index (κ1) is 13.3. The molecule has 2 heterocycles. The number of carbonyl (C=O) groups is 1. The molecule has 108 valence electrons. The van der Waals surface area contributed by atoms with Gasteiger partial charge in [0.2, 0.25) is 5.91 Å². The summed E-state index contributed by atoms with van der Waals surface area (Å²) in [5, 5.41) is 3.44. The molecule has 0 unspecified atom stereocenters. The molecule has 4 heteroatoms. The summed E-state index contributed by atoms with van der Waals surface area (Å²) in [7, 11) is 2.03. The summed E-state index contributed by atoms with van der Waals surface area (Å²) in [5.41, 5.74) is 3.78. The van der Waals surface area contributed by atoms with Gasteiger partial charge in [-0.3, -0.25) is 4.79 Å². The minimum Gasteiger partial charge on any atom is -0.385 e. The molecule has 0 radical (unpaired) electrons. The number of hydrogen-bond acceptors (Lipinski definition) is 3. The van der Waals surface area contributed by atoms with E-state index in [-0.39, 0.29) is 5.91 Å². The standard InChI is InChI=1S/C16H23N3O/c1-18(12-16(20)19-10-2-3-11-19)15-8-4-7-14-13(15)6-5-9-17-14/h4,7-8,17H,2-3,5-6,9-12H2,1H3. The zero-order valence-corrected chi connectivity index (χ0v) is 12.2. The van der Waals surface area contributed by atoms with E-state index in [2.05, 4.69) is 28.4 Å². The fourth-order valence-corrected chi connectivity index (χ4v) is 3.20. The Morgan fingerprint density at radius 1 is 1.30 bits per heavy atom. The van der Waals surface area contributed by atoms with Gasteiger partial charge in [0, 0.05) is 38.1 Å². The molecule has 1 aromatic rings. The summed E-state index contributed by atoms with van der Waals surface area (Å²) in [5.74, 6) is 0.256. The fourth-order valence-electron chi connectivity index (χ4n) is 3.20. The summed E-state index contributed by atoms with van der Waals surface area (Å²) in [6.45, 7) is 3.39. The van der Waals surface area contributed by atoms with Crippen molar-refractivity contribution >= 4 is 17.3 Å². The maximum absolute atomic E-state index is 12.3. The first-order valence-electron chi connectivity index (χ1n) is 7.60. The monoisotopic (exact) mass is 273 g/mol. The summed E-state index contributed by atoms with van der Waals surface area (Å²) >= 11 is 0. The SMILES string of the molecule is CN(CC(=O)N1CCCC1)c1cccc2c1CCCN2. The van der Waals surface area contributed by atoms with Gasteiger partial charge in [0.15, 0.2) is 0 Å². The Bertz CT molecular complexity index is 494. The third-order valence-electron chi connectivity index (χ3n) is 4.31. The van der Waals surface area contributed by atoms with Crippen molar-refractivity contribution in [3.63, 3.8) is 0 Å². The highest BCUT2D eigenvalue weighted by atomic mass is 16.2. The Hall–Kier alpha value is -1.71. The summed E-state index contributed by atoms with van der Waals surface area (Å²) in [6.07, 6.45) is 4.57. The zero-order valence-electron chi connectivity index (χ0n) is 12.2. The van der Waals surface area contributed by atoms with Gasteiger partial charge in [-0.05, 0) is 43.4 Å². The highest BCUT2D eigenvalue weighted by Gasteiger charge is 2.21. The van der Waals surface area contributed by atoms with E-state index in [0.29, 0.717) is 6.54 Å². The molecule has 4 nitrogen and oxygen atoms in total. The first-order valence-corrected chi connectivity index (χ1v) is 7.60. The Labute approximate surface area is 120 Å². The van der Waals surface area contributed by atoms with Gasteiger partial charge in [0.05, 0.1) is 6.54 Å². The highest BCUT2D eigenvalue weighted by Crippen LogP contribution is 2.30. The maximum Gasteiger partial charge on any atom is 0.242 e. The van der Waals surface area contributed by atoms with Crippen LogP contribution in [-0.2, 0) is 11.2 Å². The first-order chi connectivity index (χ1) is 9.75. The Balaban J connectivity index is 1.73. The van der Waals surface area contributed by atoms with Gasteiger partial charge in [0.1, 0.15) is 0 Å². The van der Waals surface area contributed by atoms with Gasteiger partial charge in [-0.1, -0.05) is 6.07 Å². The normalized spacial score (nSPS) is 17.6. The summed E-state index contributed by atoms with van der Waals surface area (Å²) in [4.78, 5) is 16.4. The number of likely N-dealkylation sites (N-methyl/N-ethyl adjacent to an activating group) is 1. The number of anilines is 2. The van der Waals surface area contributed by atoms with E-state index < -0.39 is 0 Å². The van der Waals surface area contributed by atoms with Crippen molar-refractivity contribution in [1.29, 1.82) is 0 Å². The quantitative estimate of drug-likeness (QED) is 0.916. The van der Waals surface area contributed by atoms with Crippen LogP contribution >= 0.6 is 0 Å². The second-order valence-electron chi connectivity index (χ2n) is 5.78. The average molecular weight is 273 g/mol. The van der Waals surface area contributed by atoms with Gasteiger partial charge in [-0.25, -0.2) is 0 Å². The van der Waals surface area contributed by atoms with Gasteiger partial charge >= 0.3 is 0 Å². The van der Waals surface area contributed by atoms with Crippen LogP contribution < -0.4 is 10.2 Å². The van der Waals surface area contributed by atoms with E-state index in [0.717, 1.165) is 45.3 Å². The summed E-state index contributed by atoms with van der Waals surface area (Å²) in [6, 6.07) is 6.33. The number of likely N-dealkylation sites (tertiary alicyclic amines) is 1. The van der Waals surface area contributed by atoms with Gasteiger partial charge < -0.3 is 15.1 Å². The lowest BCUT2D eigenvalue weighted by atomic mass is 10.0. The van der Waals surface area contributed by atoms with E-state index in [1.54, 1.807) is 0 Å². The molecule has 1 amide bonds. The van der Waals surface area contributed by atoms with Crippen LogP contribution in [0.5, 0.6) is 0 Å². The molecule has 0 saturated carbocycles. The van der Waals surface area contributed by atoms with Crippen LogP contribution in [0, 0.1) is 0 Å². The number of nitrogens with zero attached hydrogens (tertiary/aromatic N) is 2. The van der Waals surface area contributed by atoms with Crippen molar-refractivity contribution in [1.82, 2.24) is 4.90 Å². The molecular formula is C16H23N3O. The van der Waals surface area contributed by atoms with Crippen molar-refractivity contribution < 1.29 is 4.79 Å². The molecule has 2 aliphatic rings. The number of nitrogens with one attached hydrogen (secondary N) is 1. The molecule has 20 heavy (non-hydrogen) atoms. The average Bonchev–Trinajstić information content (AvgIpc) is 3.01. The molecule has 0 bridgehead atoms. The van der Waals surface area contributed by atoms with Crippen molar-refractivity contribution in [2.24, 2.45) is 0 Å². The van der Waals surface area contributed by atoms with Crippen LogP contribution in [0.1, 0.15) is 24.8 Å². The van der Waals surface area contributed by atoms with Crippen molar-refractivity contribution in [2.45, 2.75) is 25.7 Å². The van der Waals surface area contributed by atoms with Crippen molar-refractivity contribution in [3.8, 4) is 0 Å². The zero-order chi connectivity index (χ0) is 13.9. The Morgan fingerprint density at radius 3 is 2.90 bits per heavy atom. The molecule has 0 aliphatic carbocycles. The molecule has 0 aromatic heterocycles. The topological polar surface area (TPSA) is 35.6 Å². The van der Waals surface area contributed by atoms with Crippen molar-refractivity contribution in [3.05, 3.63) is 23.8 Å². The number of fused-ring (bicyclic) bond motifs is 1. The molecule has 0 spiro atoms. The van der Waals surface area contributed by atoms with Crippen LogP contribution in [0.4, 0.5) is 11.4 Å². The molecular weight excluding hydrogens is 250 g/mol. The smallest absolute Gasteiger partial charge is 0.242 e. The largest absolute Gasteiger partial charge is 0.385 e. The molecule has 1 aromatic carbocycles. The fraction of sp³-hybridized carbons (Fsp3) is 0.562. The minimum absolute atomic E-state index is 0.256. The number of hydrogen-bond donors (Lipinski definition) is 1. The van der Waals surface area contributed by atoms with E-state index in [1.165, 1.54) is 16.9 Å². The molecule has 0 atom stereocenters. The third-order valence-corrected chi connectivity index (χ3v) is 4.31. The predicted molar refractivity (Wildman–Crippen MR) is 82.3 cm³/mol. The van der Waals surface area contributed by atoms with Crippen LogP contribution in [0.2, 0.25) is 0 Å². The van der Waals surface area contributed by atoms with E-state index >= 15 is 0 Å². The second kappa shape index (κ2) is 5.73. The molecule has 1 saturated heterocycles. The summed E-state index contributed by atoms with van der Waals surface area (Å²) < 4.78 is 0. The van der Waals surface area contributed by atoms with Crippen molar-refractivity contribution in [2.75, 3.05) is 43.4 Å². The highest BCUT2D eigenvalue weighted by molar-refractivity contribution is 5.82. The lowest BCUT2D eigenvalue weighted by Gasteiger charge is -2.28. The number of benzene rings is 1. The van der Waals surface area contributed by atoms with Gasteiger partial charge in [0.25, 0.3) is 0 Å². The lowest BCUT2D eigenvalue weighted by Crippen LogP contribution is -2.37. The Morgan fingerprint density at radius 2 is 2.10 bits per heavy atom. The maximum atomic E-state index is 12.3. The number of amides is 1. The lowest BCUT2D eigenvalue weighted by molar-refractivity contribution is -0.128. The van der Waals surface area contributed by atoms with Crippen LogP contribution in [-0.4, -0.2) is 44.0 Å². The van der Waals surface area contributed by atoms with Crippen LogP contribution in [0.25, 0.3) is 0 Å². The second-order valence-corrected chi connectivity index (χ2v) is 5.78. The minimum atomic E-state index is 0.256. The predicted octanol–water partition coefficient (Wildman–Crippen LogP) is 2.10. The number of carbonyl (C=O) groups excluding carboxylic acids is 1. The van der Waals surface area contributed by atoms with Gasteiger partial charge in [-0.15, -0.1) is 0 Å².